The third-order valence-electron chi connectivity index (χ3n) is 1.20. The number of hydrogen-bond acceptors (Lipinski definition) is 3. The lowest BCUT2D eigenvalue weighted by Crippen LogP contribution is -2.16. The zero-order chi connectivity index (χ0) is 7.56. The van der Waals surface area contributed by atoms with Crippen molar-refractivity contribution in [2.75, 3.05) is 0 Å². The van der Waals surface area contributed by atoms with E-state index in [2.05, 4.69) is 10.4 Å². The van der Waals surface area contributed by atoms with Crippen LogP contribution in [0.3, 0.4) is 0 Å². The Morgan fingerprint density at radius 3 is 2.90 bits per heavy atom. The lowest BCUT2D eigenvalue weighted by atomic mass is 10.2. The summed E-state index contributed by atoms with van der Waals surface area (Å²) in [5, 5.41) is 0. The average molecular weight is 156 g/mol. The van der Waals surface area contributed by atoms with Crippen LogP contribution >= 0.6 is 11.5 Å². The molecule has 0 aliphatic carbocycles. The van der Waals surface area contributed by atoms with E-state index in [9.17, 15) is 0 Å². The Kier molecular flexibility index (Phi) is 2.40. The van der Waals surface area contributed by atoms with Gasteiger partial charge in [-0.15, -0.1) is 0 Å². The van der Waals surface area contributed by atoms with Crippen LogP contribution in [0.5, 0.6) is 0 Å². The van der Waals surface area contributed by atoms with Gasteiger partial charge in [0.05, 0.1) is 5.69 Å². The third-order valence-corrected chi connectivity index (χ3v) is 2.10. The molecule has 1 unspecified atom stereocenters. The van der Waals surface area contributed by atoms with E-state index in [1.807, 2.05) is 13.8 Å². The van der Waals surface area contributed by atoms with Crippen molar-refractivity contribution >= 4 is 11.5 Å². The Hall–Kier alpha value is -0.410. The van der Waals surface area contributed by atoms with Gasteiger partial charge in [-0.2, -0.15) is 4.37 Å². The molecular formula is C7H12N2S. The Balaban J connectivity index is 2.58. The quantitative estimate of drug-likeness (QED) is 0.701. The highest BCUT2D eigenvalue weighted by Crippen LogP contribution is 2.10. The molecular weight excluding hydrogens is 144 g/mol. The summed E-state index contributed by atoms with van der Waals surface area (Å²) in [5.41, 5.74) is 6.71. The minimum Gasteiger partial charge on any atom is -0.328 e. The molecule has 1 aromatic heterocycles. The molecule has 2 nitrogen and oxygen atoms in total. The fourth-order valence-corrected chi connectivity index (χ4v) is 1.70. The van der Waals surface area contributed by atoms with Gasteiger partial charge in [-0.25, -0.2) is 0 Å². The minimum atomic E-state index is 0.250. The molecule has 1 heterocycles. The van der Waals surface area contributed by atoms with Crippen LogP contribution in [0, 0.1) is 6.92 Å². The number of aromatic nitrogens is 1. The molecule has 0 aromatic carbocycles. The van der Waals surface area contributed by atoms with Gasteiger partial charge in [0.15, 0.2) is 0 Å². The third kappa shape index (κ3) is 2.08. The molecule has 0 saturated carbocycles. The topological polar surface area (TPSA) is 38.9 Å². The van der Waals surface area contributed by atoms with Gasteiger partial charge in [0.2, 0.25) is 0 Å². The average Bonchev–Trinajstić information content (AvgIpc) is 2.13. The number of rotatable bonds is 2. The largest absolute Gasteiger partial charge is 0.328 e. The molecule has 1 aromatic rings. The van der Waals surface area contributed by atoms with Crippen LogP contribution in [-0.2, 0) is 6.42 Å². The molecule has 0 spiro atoms. The van der Waals surface area contributed by atoms with Crippen molar-refractivity contribution in [3.05, 3.63) is 16.6 Å². The fourth-order valence-electron chi connectivity index (χ4n) is 0.830. The maximum Gasteiger partial charge on any atom is 0.0514 e. The smallest absolute Gasteiger partial charge is 0.0514 e. The van der Waals surface area contributed by atoms with Gasteiger partial charge in [0.25, 0.3) is 0 Å². The van der Waals surface area contributed by atoms with E-state index in [1.54, 1.807) is 11.5 Å². The van der Waals surface area contributed by atoms with Gasteiger partial charge in [-0.1, -0.05) is 0 Å². The molecule has 0 radical (unpaired) electrons. The molecule has 10 heavy (non-hydrogen) atoms. The second-order valence-electron chi connectivity index (χ2n) is 2.62. The monoisotopic (exact) mass is 156 g/mol. The number of hydrogen-bond donors (Lipinski definition) is 1. The molecule has 3 heteroatoms. The Morgan fingerprint density at radius 1 is 1.80 bits per heavy atom. The summed E-state index contributed by atoms with van der Waals surface area (Å²) >= 11 is 1.55. The molecule has 0 amide bonds. The standard InChI is InChI=1S/C7H12N2S/c1-5(8)3-7-4-6(2)9-10-7/h4-5H,3,8H2,1-2H3. The summed E-state index contributed by atoms with van der Waals surface area (Å²) in [6.07, 6.45) is 0.950. The first-order valence-corrected chi connectivity index (χ1v) is 4.13. The van der Waals surface area contributed by atoms with Crippen LogP contribution in [0.4, 0.5) is 0 Å². The lowest BCUT2D eigenvalue weighted by Gasteiger charge is -1.98. The highest BCUT2D eigenvalue weighted by atomic mass is 32.1. The molecule has 1 atom stereocenters. The van der Waals surface area contributed by atoms with Gasteiger partial charge in [-0.05, 0) is 37.9 Å². The zero-order valence-electron chi connectivity index (χ0n) is 6.29. The van der Waals surface area contributed by atoms with E-state index >= 15 is 0 Å². The predicted octanol–water partition coefficient (Wildman–Crippen LogP) is 1.34. The summed E-state index contributed by atoms with van der Waals surface area (Å²) in [6, 6.07) is 2.34. The van der Waals surface area contributed by atoms with Crippen LogP contribution in [0.1, 0.15) is 17.5 Å². The second kappa shape index (κ2) is 3.12. The zero-order valence-corrected chi connectivity index (χ0v) is 7.11. The molecule has 56 valence electrons. The summed E-state index contributed by atoms with van der Waals surface area (Å²) in [6.45, 7) is 4.01. The van der Waals surface area contributed by atoms with Crippen molar-refractivity contribution in [2.45, 2.75) is 26.3 Å². The number of nitrogens with zero attached hydrogens (tertiary/aromatic N) is 1. The van der Waals surface area contributed by atoms with E-state index in [4.69, 9.17) is 5.73 Å². The van der Waals surface area contributed by atoms with Gasteiger partial charge in [0, 0.05) is 10.9 Å². The Morgan fingerprint density at radius 2 is 2.50 bits per heavy atom. The van der Waals surface area contributed by atoms with Gasteiger partial charge < -0.3 is 5.73 Å². The summed E-state index contributed by atoms with van der Waals surface area (Å²) in [4.78, 5) is 1.28. The van der Waals surface area contributed by atoms with Crippen LogP contribution in [0.25, 0.3) is 0 Å². The summed E-state index contributed by atoms with van der Waals surface area (Å²) < 4.78 is 4.16. The van der Waals surface area contributed by atoms with E-state index in [0.29, 0.717) is 0 Å². The van der Waals surface area contributed by atoms with Crippen molar-refractivity contribution < 1.29 is 0 Å². The van der Waals surface area contributed by atoms with Crippen LogP contribution < -0.4 is 5.73 Å². The fraction of sp³-hybridized carbons (Fsp3) is 0.571. The van der Waals surface area contributed by atoms with Crippen LogP contribution in [-0.4, -0.2) is 10.4 Å². The predicted molar refractivity (Wildman–Crippen MR) is 44.2 cm³/mol. The van der Waals surface area contributed by atoms with Gasteiger partial charge in [-0.3, -0.25) is 0 Å². The first kappa shape index (κ1) is 7.69. The Labute approximate surface area is 65.2 Å². The van der Waals surface area contributed by atoms with E-state index in [0.717, 1.165) is 12.1 Å². The first-order valence-electron chi connectivity index (χ1n) is 3.36. The normalized spacial score (nSPS) is 13.5. The molecule has 0 fully saturated rings. The SMILES string of the molecule is Cc1cc(CC(C)N)sn1. The maximum absolute atomic E-state index is 5.61. The highest BCUT2D eigenvalue weighted by molar-refractivity contribution is 7.05. The van der Waals surface area contributed by atoms with Gasteiger partial charge >= 0.3 is 0 Å². The molecule has 0 saturated heterocycles. The van der Waals surface area contributed by atoms with Crippen molar-refractivity contribution in [1.29, 1.82) is 0 Å². The molecule has 1 rings (SSSR count). The highest BCUT2D eigenvalue weighted by Gasteiger charge is 2.00. The molecule has 0 aliphatic rings. The maximum atomic E-state index is 5.61. The minimum absolute atomic E-state index is 0.250. The van der Waals surface area contributed by atoms with Crippen LogP contribution in [0.15, 0.2) is 6.07 Å². The van der Waals surface area contributed by atoms with E-state index in [-0.39, 0.29) is 6.04 Å². The van der Waals surface area contributed by atoms with Crippen molar-refractivity contribution in [1.82, 2.24) is 4.37 Å². The van der Waals surface area contributed by atoms with E-state index in [1.165, 1.54) is 4.88 Å². The number of aryl methyl sites for hydroxylation is 1. The van der Waals surface area contributed by atoms with E-state index < -0.39 is 0 Å². The van der Waals surface area contributed by atoms with Crippen molar-refractivity contribution in [3.8, 4) is 0 Å². The molecule has 2 N–H and O–H groups in total. The van der Waals surface area contributed by atoms with Crippen molar-refractivity contribution in [3.63, 3.8) is 0 Å². The summed E-state index contributed by atoms with van der Waals surface area (Å²) in [5.74, 6) is 0. The lowest BCUT2D eigenvalue weighted by molar-refractivity contribution is 0.746. The molecule has 0 aliphatic heterocycles. The first-order chi connectivity index (χ1) is 4.68. The number of nitrogens with two attached hydrogens (primary N) is 1. The Bertz CT molecular complexity index is 205. The van der Waals surface area contributed by atoms with Crippen molar-refractivity contribution in [2.24, 2.45) is 5.73 Å². The van der Waals surface area contributed by atoms with Gasteiger partial charge in [0.1, 0.15) is 0 Å². The van der Waals surface area contributed by atoms with Crippen LogP contribution in [0.2, 0.25) is 0 Å². The second-order valence-corrected chi connectivity index (χ2v) is 3.51. The molecule has 0 bridgehead atoms. The summed E-state index contributed by atoms with van der Waals surface area (Å²) in [7, 11) is 0.